The van der Waals surface area contributed by atoms with Gasteiger partial charge in [0.2, 0.25) is 0 Å². The molecule has 0 bridgehead atoms. The van der Waals surface area contributed by atoms with E-state index in [2.05, 4.69) is 89.0 Å². The van der Waals surface area contributed by atoms with Crippen LogP contribution >= 0.6 is 0 Å². The lowest BCUT2D eigenvalue weighted by Crippen LogP contribution is -2.62. The summed E-state index contributed by atoms with van der Waals surface area (Å²) in [5, 5.41) is 3.82. The van der Waals surface area contributed by atoms with Crippen LogP contribution in [0.25, 0.3) is 5.69 Å². The van der Waals surface area contributed by atoms with Crippen molar-refractivity contribution < 1.29 is 0 Å². The van der Waals surface area contributed by atoms with Gasteiger partial charge in [-0.3, -0.25) is 14.9 Å². The first-order valence-electron chi connectivity index (χ1n) is 10.8. The Morgan fingerprint density at radius 1 is 0.967 bits per heavy atom. The van der Waals surface area contributed by atoms with Gasteiger partial charge in [-0.25, -0.2) is 0 Å². The molecule has 0 aromatic carbocycles. The largest absolute Gasteiger partial charge is 0.318 e. The Hall–Kier alpha value is -2.50. The molecule has 1 saturated heterocycles. The van der Waals surface area contributed by atoms with E-state index in [9.17, 15) is 0 Å². The summed E-state index contributed by atoms with van der Waals surface area (Å²) in [6.45, 7) is 11.0. The molecule has 0 aliphatic carbocycles. The number of hydrogen-bond donors (Lipinski definition) is 1. The molecule has 5 nitrogen and oxygen atoms in total. The van der Waals surface area contributed by atoms with Gasteiger partial charge < -0.3 is 9.88 Å². The van der Waals surface area contributed by atoms with Gasteiger partial charge in [0.15, 0.2) is 0 Å². The smallest absolute Gasteiger partial charge is 0.0636 e. The van der Waals surface area contributed by atoms with E-state index in [1.54, 1.807) is 0 Å². The van der Waals surface area contributed by atoms with Crippen LogP contribution in [0.3, 0.4) is 0 Å². The zero-order valence-corrected chi connectivity index (χ0v) is 18.5. The van der Waals surface area contributed by atoms with Gasteiger partial charge in [0.1, 0.15) is 0 Å². The molecule has 3 aromatic heterocycles. The molecule has 30 heavy (non-hydrogen) atoms. The maximum absolute atomic E-state index is 4.62. The maximum Gasteiger partial charge on any atom is 0.0636 e. The van der Waals surface area contributed by atoms with Crippen molar-refractivity contribution in [1.82, 2.24) is 24.8 Å². The highest BCUT2D eigenvalue weighted by atomic mass is 15.2. The Kier molecular flexibility index (Phi) is 5.76. The molecule has 1 aliphatic rings. The van der Waals surface area contributed by atoms with Gasteiger partial charge in [-0.15, -0.1) is 0 Å². The summed E-state index contributed by atoms with van der Waals surface area (Å²) in [4.78, 5) is 11.5. The first-order chi connectivity index (χ1) is 14.3. The molecule has 3 aromatic rings. The number of piperidine rings is 1. The molecule has 0 spiro atoms. The maximum atomic E-state index is 4.62. The Bertz CT molecular complexity index is 930. The molecule has 0 unspecified atom stereocenters. The molecule has 0 amide bonds. The predicted octanol–water partition coefficient (Wildman–Crippen LogP) is 4.58. The van der Waals surface area contributed by atoms with Crippen molar-refractivity contribution in [2.45, 2.75) is 70.7 Å². The van der Waals surface area contributed by atoms with Crippen LogP contribution in [-0.4, -0.2) is 36.6 Å². The van der Waals surface area contributed by atoms with E-state index in [4.69, 9.17) is 0 Å². The molecule has 0 saturated carbocycles. The molecular formula is C25H33N5. The second-order valence-corrected chi connectivity index (χ2v) is 9.76. The molecule has 1 fully saturated rings. The van der Waals surface area contributed by atoms with Crippen LogP contribution in [0.5, 0.6) is 0 Å². The molecule has 1 N–H and O–H groups in total. The fourth-order valence-electron chi connectivity index (χ4n) is 5.04. The fourth-order valence-corrected chi connectivity index (χ4v) is 5.04. The van der Waals surface area contributed by atoms with Gasteiger partial charge in [0, 0.05) is 54.5 Å². The van der Waals surface area contributed by atoms with Crippen molar-refractivity contribution in [3.63, 3.8) is 0 Å². The minimum Gasteiger partial charge on any atom is -0.318 e. The predicted molar refractivity (Wildman–Crippen MR) is 121 cm³/mol. The highest BCUT2D eigenvalue weighted by molar-refractivity contribution is 5.32. The Labute approximate surface area is 180 Å². The average molecular weight is 404 g/mol. The van der Waals surface area contributed by atoms with E-state index in [-0.39, 0.29) is 11.1 Å². The lowest BCUT2D eigenvalue weighted by Gasteiger charge is -2.49. The SMILES string of the molecule is CC1(C)CC(N(Cc2ccccn2)Cc2cccn2-c2cccnc2)CC(C)(C)N1. The highest BCUT2D eigenvalue weighted by Gasteiger charge is 2.40. The van der Waals surface area contributed by atoms with Crippen molar-refractivity contribution in [3.05, 3.63) is 78.6 Å². The minimum atomic E-state index is 0.0973. The topological polar surface area (TPSA) is 46.0 Å². The monoisotopic (exact) mass is 403 g/mol. The number of pyridine rings is 2. The standard InChI is InChI=1S/C25H33N5/c1-24(2)15-23(16-25(3,4)28-24)29(18-20-9-5-6-13-27-20)19-22-11-8-14-30(22)21-10-7-12-26-17-21/h5-14,17,23,28H,15-16,18-19H2,1-4H3. The van der Waals surface area contributed by atoms with Gasteiger partial charge >= 0.3 is 0 Å². The number of aromatic nitrogens is 3. The molecular weight excluding hydrogens is 370 g/mol. The summed E-state index contributed by atoms with van der Waals surface area (Å²) >= 11 is 0. The van der Waals surface area contributed by atoms with Crippen LogP contribution in [0, 0.1) is 0 Å². The summed E-state index contributed by atoms with van der Waals surface area (Å²) in [6, 6.07) is 15.1. The van der Waals surface area contributed by atoms with Crippen LogP contribution < -0.4 is 5.32 Å². The third-order valence-corrected chi connectivity index (χ3v) is 5.90. The van der Waals surface area contributed by atoms with Gasteiger partial charge in [0.25, 0.3) is 0 Å². The van der Waals surface area contributed by atoms with E-state index in [1.807, 2.05) is 30.7 Å². The fraction of sp³-hybridized carbons (Fsp3) is 0.440. The van der Waals surface area contributed by atoms with Crippen LogP contribution in [0.2, 0.25) is 0 Å². The van der Waals surface area contributed by atoms with E-state index >= 15 is 0 Å². The summed E-state index contributed by atoms with van der Waals surface area (Å²) in [6.07, 6.45) is 9.97. The third kappa shape index (κ3) is 4.97. The molecule has 158 valence electrons. The van der Waals surface area contributed by atoms with Gasteiger partial charge in [-0.05, 0) is 76.9 Å². The van der Waals surface area contributed by atoms with Crippen molar-refractivity contribution in [1.29, 1.82) is 0 Å². The van der Waals surface area contributed by atoms with Gasteiger partial charge in [-0.1, -0.05) is 6.07 Å². The van der Waals surface area contributed by atoms with E-state index < -0.39 is 0 Å². The summed E-state index contributed by atoms with van der Waals surface area (Å²) in [5.41, 5.74) is 3.68. The number of hydrogen-bond acceptors (Lipinski definition) is 4. The second-order valence-electron chi connectivity index (χ2n) is 9.76. The number of nitrogens with zero attached hydrogens (tertiary/aromatic N) is 4. The van der Waals surface area contributed by atoms with Crippen molar-refractivity contribution in [2.24, 2.45) is 0 Å². The Morgan fingerprint density at radius 2 is 1.77 bits per heavy atom. The quantitative estimate of drug-likeness (QED) is 0.654. The third-order valence-electron chi connectivity index (χ3n) is 5.90. The number of nitrogens with one attached hydrogen (secondary N) is 1. The van der Waals surface area contributed by atoms with Crippen LogP contribution in [-0.2, 0) is 13.1 Å². The van der Waals surface area contributed by atoms with Crippen LogP contribution in [0.1, 0.15) is 51.9 Å². The summed E-state index contributed by atoms with van der Waals surface area (Å²) in [7, 11) is 0. The lowest BCUT2D eigenvalue weighted by molar-refractivity contribution is 0.0546. The molecule has 4 rings (SSSR count). The Balaban J connectivity index is 1.64. The van der Waals surface area contributed by atoms with Crippen LogP contribution in [0.15, 0.2) is 67.3 Å². The van der Waals surface area contributed by atoms with E-state index in [0.717, 1.165) is 37.3 Å². The lowest BCUT2D eigenvalue weighted by atomic mass is 9.79. The Morgan fingerprint density at radius 3 is 2.43 bits per heavy atom. The molecule has 5 heteroatoms. The van der Waals surface area contributed by atoms with E-state index in [0.29, 0.717) is 6.04 Å². The summed E-state index contributed by atoms with van der Waals surface area (Å²) < 4.78 is 2.25. The normalized spacial score (nSPS) is 18.6. The number of rotatable bonds is 6. The highest BCUT2D eigenvalue weighted by Crippen LogP contribution is 2.33. The first kappa shape index (κ1) is 20.8. The van der Waals surface area contributed by atoms with Crippen molar-refractivity contribution >= 4 is 0 Å². The second kappa shape index (κ2) is 8.32. The van der Waals surface area contributed by atoms with Crippen LogP contribution in [0.4, 0.5) is 0 Å². The zero-order chi connectivity index (χ0) is 21.2. The molecule has 1 aliphatic heterocycles. The summed E-state index contributed by atoms with van der Waals surface area (Å²) in [5.74, 6) is 0. The minimum absolute atomic E-state index is 0.0973. The average Bonchev–Trinajstić information content (AvgIpc) is 3.15. The first-order valence-corrected chi connectivity index (χ1v) is 10.8. The molecule has 0 atom stereocenters. The van der Waals surface area contributed by atoms with Crippen molar-refractivity contribution in [2.75, 3.05) is 0 Å². The van der Waals surface area contributed by atoms with Gasteiger partial charge in [-0.2, -0.15) is 0 Å². The zero-order valence-electron chi connectivity index (χ0n) is 18.5. The molecule has 4 heterocycles. The van der Waals surface area contributed by atoms with Gasteiger partial charge in [0.05, 0.1) is 17.6 Å². The van der Waals surface area contributed by atoms with E-state index in [1.165, 1.54) is 5.69 Å². The molecule has 0 radical (unpaired) electrons. The van der Waals surface area contributed by atoms with Crippen molar-refractivity contribution in [3.8, 4) is 5.69 Å².